The molecule has 0 saturated heterocycles. The van der Waals surface area contributed by atoms with Crippen LogP contribution >= 0.6 is 0 Å². The Kier molecular flexibility index (Phi) is 5.19. The van der Waals surface area contributed by atoms with Crippen molar-refractivity contribution in [3.8, 4) is 12.8 Å². The summed E-state index contributed by atoms with van der Waals surface area (Å²) in [7, 11) is 0. The van der Waals surface area contributed by atoms with Crippen molar-refractivity contribution in [3.63, 3.8) is 0 Å². The second-order valence-electron chi connectivity index (χ2n) is 1.98. The van der Waals surface area contributed by atoms with Gasteiger partial charge in [-0.05, 0) is 12.8 Å². The maximum Gasteiger partial charge on any atom is -0.0250 e. The number of terminal acetylenes is 1. The second-order valence-corrected chi connectivity index (χ2v) is 1.98. The van der Waals surface area contributed by atoms with Crippen LogP contribution in [0.5, 0.6) is 0 Å². The molecule has 0 unspecified atom stereocenters. The van der Waals surface area contributed by atoms with Gasteiger partial charge in [0.25, 0.3) is 0 Å². The summed E-state index contributed by atoms with van der Waals surface area (Å²) < 4.78 is 0. The van der Waals surface area contributed by atoms with E-state index in [1.165, 1.54) is 5.57 Å². The van der Waals surface area contributed by atoms with Crippen molar-refractivity contribution in [3.05, 3.63) is 36.5 Å². The minimum absolute atomic E-state index is 1.12. The van der Waals surface area contributed by atoms with E-state index in [0.717, 1.165) is 12.8 Å². The summed E-state index contributed by atoms with van der Waals surface area (Å²) in [6.45, 7) is 3.85. The fraction of sp³-hybridized carbons (Fsp3) is 0.200. The lowest BCUT2D eigenvalue weighted by Gasteiger charge is -1.89. The summed E-state index contributed by atoms with van der Waals surface area (Å²) in [5.41, 5.74) is 1.23. The van der Waals surface area contributed by atoms with Gasteiger partial charge in [-0.2, -0.15) is 0 Å². The van der Waals surface area contributed by atoms with E-state index in [2.05, 4.69) is 37.7 Å². The van der Waals surface area contributed by atoms with Gasteiger partial charge < -0.3 is 0 Å². The minimum Gasteiger partial charge on any atom is -0.124 e. The molecule has 0 amide bonds. The van der Waals surface area contributed by atoms with Crippen LogP contribution in [0.1, 0.15) is 12.8 Å². The molecule has 0 saturated carbocycles. The highest BCUT2D eigenvalue weighted by atomic mass is 13.9. The summed E-state index contributed by atoms with van der Waals surface area (Å²) in [4.78, 5) is 0. The highest BCUT2D eigenvalue weighted by Crippen LogP contribution is 2.07. The Morgan fingerprint density at radius 3 is 2.70 bits per heavy atom. The maximum atomic E-state index is 4.00. The fourth-order valence-electron chi connectivity index (χ4n) is 0.718. The van der Waals surface area contributed by atoms with E-state index < -0.39 is 0 Å². The lowest BCUT2D eigenvalue weighted by molar-refractivity contribution is 1.02. The quantitative estimate of drug-likeness (QED) is 0.444. The van der Waals surface area contributed by atoms with Gasteiger partial charge >= 0.3 is 0 Å². The molecule has 0 aromatic rings. The Hall–Kier alpha value is -1.22. The number of hydrogen-bond donors (Lipinski definition) is 0. The second kappa shape index (κ2) is 5.91. The zero-order chi connectivity index (χ0) is 7.82. The molecule has 0 radical (unpaired) electrons. The van der Waals surface area contributed by atoms with Gasteiger partial charge in [-0.3, -0.25) is 0 Å². The first-order valence-electron chi connectivity index (χ1n) is 3.24. The van der Waals surface area contributed by atoms with Crippen LogP contribution in [-0.4, -0.2) is 0 Å². The van der Waals surface area contributed by atoms with Crippen molar-refractivity contribution < 1.29 is 0 Å². The lowest BCUT2D eigenvalue weighted by Crippen LogP contribution is -1.69. The number of hydrogen-bond acceptors (Lipinski definition) is 0. The van der Waals surface area contributed by atoms with Crippen LogP contribution in [0.4, 0.5) is 0 Å². The monoisotopic (exact) mass is 132 g/mol. The third-order valence-electron chi connectivity index (χ3n) is 1.21. The third-order valence-corrected chi connectivity index (χ3v) is 1.21. The average molecular weight is 132 g/mol. The molecule has 52 valence electrons. The van der Waals surface area contributed by atoms with Gasteiger partial charge in [0.2, 0.25) is 0 Å². The van der Waals surface area contributed by atoms with E-state index in [0.29, 0.717) is 0 Å². The highest BCUT2D eigenvalue weighted by Gasteiger charge is 1.87. The standard InChI is InChI=1S/C8H10.C2H2/c1-8-6-4-2-3-5-7-8;1-2/h2-4,6H,1,5,7H2;1-2H. The molecule has 0 aromatic carbocycles. The van der Waals surface area contributed by atoms with Crippen molar-refractivity contribution in [2.45, 2.75) is 12.8 Å². The topological polar surface area (TPSA) is 0 Å². The molecular weight excluding hydrogens is 120 g/mol. The SMILES string of the molecule is C#C.C=C1C=CC=CCC1. The van der Waals surface area contributed by atoms with E-state index in [-0.39, 0.29) is 0 Å². The Morgan fingerprint density at radius 1 is 1.30 bits per heavy atom. The molecule has 0 heteroatoms. The molecule has 1 aliphatic rings. The Morgan fingerprint density at radius 2 is 2.00 bits per heavy atom. The predicted molar refractivity (Wildman–Crippen MR) is 46.5 cm³/mol. The smallest absolute Gasteiger partial charge is 0.0250 e. The molecule has 0 fully saturated rings. The zero-order valence-corrected chi connectivity index (χ0v) is 6.09. The molecule has 0 aliphatic heterocycles. The largest absolute Gasteiger partial charge is 0.124 e. The number of rotatable bonds is 0. The molecule has 0 N–H and O–H groups in total. The predicted octanol–water partition coefficient (Wildman–Crippen LogP) is 2.70. The summed E-state index contributed by atoms with van der Waals surface area (Å²) in [5.74, 6) is 0. The summed E-state index contributed by atoms with van der Waals surface area (Å²) >= 11 is 0. The Balaban J connectivity index is 0.000000371. The molecule has 0 atom stereocenters. The van der Waals surface area contributed by atoms with Gasteiger partial charge in [-0.25, -0.2) is 0 Å². The summed E-state index contributed by atoms with van der Waals surface area (Å²) in [6.07, 6.45) is 18.6. The normalized spacial score (nSPS) is 15.2. The highest BCUT2D eigenvalue weighted by molar-refractivity contribution is 5.22. The maximum absolute atomic E-state index is 4.00. The first-order valence-corrected chi connectivity index (χ1v) is 3.24. The van der Waals surface area contributed by atoms with Gasteiger partial charge in [0, 0.05) is 0 Å². The van der Waals surface area contributed by atoms with Crippen molar-refractivity contribution in [2.24, 2.45) is 0 Å². The molecular formula is C10H12. The van der Waals surface area contributed by atoms with E-state index in [4.69, 9.17) is 0 Å². The van der Waals surface area contributed by atoms with E-state index in [1.54, 1.807) is 0 Å². The van der Waals surface area contributed by atoms with Crippen LogP contribution in [0.3, 0.4) is 0 Å². The average Bonchev–Trinajstić information content (AvgIpc) is 2.21. The molecule has 0 spiro atoms. The molecule has 10 heavy (non-hydrogen) atoms. The van der Waals surface area contributed by atoms with Crippen molar-refractivity contribution >= 4 is 0 Å². The van der Waals surface area contributed by atoms with Crippen molar-refractivity contribution in [1.82, 2.24) is 0 Å². The third kappa shape index (κ3) is 3.74. The molecule has 0 aromatic heterocycles. The van der Waals surface area contributed by atoms with Crippen molar-refractivity contribution in [1.29, 1.82) is 0 Å². The van der Waals surface area contributed by atoms with Gasteiger partial charge in [-0.15, -0.1) is 12.8 Å². The van der Waals surface area contributed by atoms with Gasteiger partial charge in [0.1, 0.15) is 0 Å². The van der Waals surface area contributed by atoms with Gasteiger partial charge in [-0.1, -0.05) is 36.5 Å². The van der Waals surface area contributed by atoms with Crippen LogP contribution in [0.25, 0.3) is 0 Å². The first-order chi connectivity index (χ1) is 4.89. The van der Waals surface area contributed by atoms with Crippen LogP contribution in [0.15, 0.2) is 36.5 Å². The first kappa shape index (κ1) is 8.78. The molecule has 1 aliphatic carbocycles. The molecule has 0 nitrogen and oxygen atoms in total. The van der Waals surface area contributed by atoms with E-state index in [1.807, 2.05) is 6.08 Å². The summed E-state index contributed by atoms with van der Waals surface area (Å²) in [6, 6.07) is 0. The fourth-order valence-corrected chi connectivity index (χ4v) is 0.718. The Labute approximate surface area is 63.0 Å². The van der Waals surface area contributed by atoms with E-state index >= 15 is 0 Å². The minimum atomic E-state index is 1.12. The molecule has 0 bridgehead atoms. The van der Waals surface area contributed by atoms with Crippen molar-refractivity contribution in [2.75, 3.05) is 0 Å². The van der Waals surface area contributed by atoms with Crippen LogP contribution in [0.2, 0.25) is 0 Å². The molecule has 0 heterocycles. The van der Waals surface area contributed by atoms with E-state index in [9.17, 15) is 0 Å². The van der Waals surface area contributed by atoms with Gasteiger partial charge in [0.05, 0.1) is 0 Å². The lowest BCUT2D eigenvalue weighted by atomic mass is 10.2. The summed E-state index contributed by atoms with van der Waals surface area (Å²) in [5, 5.41) is 0. The Bertz CT molecular complexity index is 168. The van der Waals surface area contributed by atoms with Crippen LogP contribution in [-0.2, 0) is 0 Å². The molecule has 1 rings (SSSR count). The number of allylic oxidation sites excluding steroid dienone is 5. The zero-order valence-electron chi connectivity index (χ0n) is 6.09. The van der Waals surface area contributed by atoms with Crippen LogP contribution in [0, 0.1) is 12.8 Å². The van der Waals surface area contributed by atoms with Gasteiger partial charge in [0.15, 0.2) is 0 Å². The van der Waals surface area contributed by atoms with Crippen LogP contribution < -0.4 is 0 Å².